The maximum absolute atomic E-state index is 6.20. The van der Waals surface area contributed by atoms with Crippen molar-refractivity contribution in [3.8, 4) is 33.2 Å². The summed E-state index contributed by atoms with van der Waals surface area (Å²) in [5.41, 5.74) is 8.98. The minimum Gasteiger partial charge on any atom is -0.454 e. The van der Waals surface area contributed by atoms with Crippen LogP contribution in [0.5, 0.6) is 11.5 Å². The predicted octanol–water partition coefficient (Wildman–Crippen LogP) is 3.13. The van der Waals surface area contributed by atoms with E-state index in [9.17, 15) is 0 Å². The fraction of sp³-hybridized carbons (Fsp3) is 0.133. The Morgan fingerprint density at radius 3 is 2.90 bits per heavy atom. The zero-order valence-corrected chi connectivity index (χ0v) is 12.2. The summed E-state index contributed by atoms with van der Waals surface area (Å²) in [6, 6.07) is 9.89. The van der Waals surface area contributed by atoms with Gasteiger partial charge in [-0.05, 0) is 29.6 Å². The van der Waals surface area contributed by atoms with Crippen LogP contribution in [0.25, 0.3) is 21.7 Å². The van der Waals surface area contributed by atoms with Crippen molar-refractivity contribution in [2.75, 3.05) is 12.5 Å². The molecule has 0 amide bonds. The van der Waals surface area contributed by atoms with E-state index in [1.807, 2.05) is 36.7 Å². The van der Waals surface area contributed by atoms with E-state index < -0.39 is 0 Å². The van der Waals surface area contributed by atoms with Crippen molar-refractivity contribution in [1.29, 1.82) is 0 Å². The van der Waals surface area contributed by atoms with Gasteiger partial charge in [0.05, 0.1) is 5.56 Å². The molecule has 2 N–H and O–H groups in total. The van der Waals surface area contributed by atoms with Gasteiger partial charge in [0.25, 0.3) is 0 Å². The fourth-order valence-electron chi connectivity index (χ4n) is 2.45. The van der Waals surface area contributed by atoms with Crippen LogP contribution in [0.3, 0.4) is 0 Å². The van der Waals surface area contributed by atoms with Gasteiger partial charge in [0.1, 0.15) is 11.5 Å². The summed E-state index contributed by atoms with van der Waals surface area (Å²) in [6.45, 7) is 0.265. The number of hydrogen-bond acceptors (Lipinski definition) is 5. The molecule has 4 rings (SSSR count). The summed E-state index contributed by atoms with van der Waals surface area (Å²) in [5, 5.41) is 6.60. The summed E-state index contributed by atoms with van der Waals surface area (Å²) in [5.74, 6) is 2.17. The van der Waals surface area contributed by atoms with Crippen molar-refractivity contribution in [2.45, 2.75) is 0 Å². The molecule has 1 aromatic carbocycles. The highest BCUT2D eigenvalue weighted by Gasteiger charge is 2.21. The molecule has 0 radical (unpaired) electrons. The highest BCUT2D eigenvalue weighted by Crippen LogP contribution is 2.41. The maximum atomic E-state index is 6.20. The van der Waals surface area contributed by atoms with E-state index in [2.05, 4.69) is 11.2 Å². The Bertz CT molecular complexity index is 809. The smallest absolute Gasteiger partial charge is 0.231 e. The second-order valence-electron chi connectivity index (χ2n) is 4.78. The molecule has 3 heterocycles. The van der Waals surface area contributed by atoms with Crippen molar-refractivity contribution in [3.63, 3.8) is 0 Å². The van der Waals surface area contributed by atoms with Crippen molar-refractivity contribution < 1.29 is 9.47 Å². The Labute approximate surface area is 125 Å². The van der Waals surface area contributed by atoms with Gasteiger partial charge in [-0.25, -0.2) is 0 Å². The fourth-order valence-corrected chi connectivity index (χ4v) is 3.23. The zero-order chi connectivity index (χ0) is 14.4. The number of hydrogen-bond donors (Lipinski definition) is 1. The standard InChI is InChI=1S/C15H13N3O2S/c1-18-15(16)13(12-3-2-6-21-12)14(17-18)9-4-5-10-11(7-9)20-8-19-10/h2-7H,8,16H2,1H3. The summed E-state index contributed by atoms with van der Waals surface area (Å²) >= 11 is 1.65. The molecule has 2 aromatic heterocycles. The number of nitrogen functional groups attached to an aromatic ring is 1. The molecule has 6 heteroatoms. The number of nitrogens with zero attached hydrogens (tertiary/aromatic N) is 2. The predicted molar refractivity (Wildman–Crippen MR) is 82.5 cm³/mol. The van der Waals surface area contributed by atoms with Gasteiger partial charge >= 0.3 is 0 Å². The largest absolute Gasteiger partial charge is 0.454 e. The molecular weight excluding hydrogens is 286 g/mol. The van der Waals surface area contributed by atoms with Crippen molar-refractivity contribution >= 4 is 17.2 Å². The van der Waals surface area contributed by atoms with Crippen molar-refractivity contribution in [2.24, 2.45) is 7.05 Å². The van der Waals surface area contributed by atoms with E-state index in [-0.39, 0.29) is 6.79 Å². The van der Waals surface area contributed by atoms with Gasteiger partial charge in [0.2, 0.25) is 6.79 Å². The minimum atomic E-state index is 0.265. The first kappa shape index (κ1) is 12.3. The molecule has 21 heavy (non-hydrogen) atoms. The first-order chi connectivity index (χ1) is 10.2. The average Bonchev–Trinajstić information content (AvgIpc) is 3.19. The van der Waals surface area contributed by atoms with Gasteiger partial charge in [-0.1, -0.05) is 6.07 Å². The van der Waals surface area contributed by atoms with E-state index in [0.29, 0.717) is 5.82 Å². The van der Waals surface area contributed by atoms with Crippen LogP contribution in [0.2, 0.25) is 0 Å². The molecule has 106 valence electrons. The monoisotopic (exact) mass is 299 g/mol. The third kappa shape index (κ3) is 1.87. The quantitative estimate of drug-likeness (QED) is 0.789. The Morgan fingerprint density at radius 1 is 1.24 bits per heavy atom. The number of ether oxygens (including phenoxy) is 2. The van der Waals surface area contributed by atoms with Crippen molar-refractivity contribution in [3.05, 3.63) is 35.7 Å². The average molecular weight is 299 g/mol. The number of aromatic nitrogens is 2. The first-order valence-electron chi connectivity index (χ1n) is 6.50. The van der Waals surface area contributed by atoms with E-state index in [4.69, 9.17) is 15.2 Å². The van der Waals surface area contributed by atoms with Crippen LogP contribution in [-0.4, -0.2) is 16.6 Å². The van der Waals surface area contributed by atoms with E-state index >= 15 is 0 Å². The Balaban J connectivity index is 1.91. The Hall–Kier alpha value is -2.47. The van der Waals surface area contributed by atoms with Gasteiger partial charge in [0.15, 0.2) is 11.5 Å². The maximum Gasteiger partial charge on any atom is 0.231 e. The Kier molecular flexibility index (Phi) is 2.65. The summed E-state index contributed by atoms with van der Waals surface area (Å²) in [4.78, 5) is 1.10. The summed E-state index contributed by atoms with van der Waals surface area (Å²) in [7, 11) is 1.85. The van der Waals surface area contributed by atoms with Crippen molar-refractivity contribution in [1.82, 2.24) is 9.78 Å². The molecule has 0 saturated carbocycles. The molecule has 5 nitrogen and oxygen atoms in total. The topological polar surface area (TPSA) is 62.3 Å². The molecule has 0 unspecified atom stereocenters. The highest BCUT2D eigenvalue weighted by atomic mass is 32.1. The lowest BCUT2D eigenvalue weighted by atomic mass is 10.1. The number of rotatable bonds is 2. The van der Waals surface area contributed by atoms with Crippen LogP contribution in [0.4, 0.5) is 5.82 Å². The van der Waals surface area contributed by atoms with Crippen LogP contribution < -0.4 is 15.2 Å². The molecule has 1 aliphatic rings. The Morgan fingerprint density at radius 2 is 2.10 bits per heavy atom. The second-order valence-corrected chi connectivity index (χ2v) is 5.73. The SMILES string of the molecule is Cn1nc(-c2ccc3c(c2)OCO3)c(-c2cccs2)c1N. The lowest BCUT2D eigenvalue weighted by Gasteiger charge is -2.03. The molecule has 1 aliphatic heterocycles. The van der Waals surface area contributed by atoms with E-state index in [1.165, 1.54) is 0 Å². The third-order valence-electron chi connectivity index (χ3n) is 3.51. The normalized spacial score (nSPS) is 12.8. The summed E-state index contributed by atoms with van der Waals surface area (Å²) < 4.78 is 12.5. The lowest BCUT2D eigenvalue weighted by Crippen LogP contribution is -1.97. The van der Waals surface area contributed by atoms with Crippen LogP contribution in [0.1, 0.15) is 0 Å². The van der Waals surface area contributed by atoms with Gasteiger partial charge in [-0.3, -0.25) is 4.68 Å². The number of thiophene rings is 1. The third-order valence-corrected chi connectivity index (χ3v) is 4.39. The molecule has 0 fully saturated rings. The van der Waals surface area contributed by atoms with Gasteiger partial charge < -0.3 is 15.2 Å². The molecule has 3 aromatic rings. The molecule has 0 saturated heterocycles. The van der Waals surface area contributed by atoms with Crippen LogP contribution in [-0.2, 0) is 7.05 Å². The summed E-state index contributed by atoms with van der Waals surface area (Å²) in [6.07, 6.45) is 0. The molecule has 0 bridgehead atoms. The molecule has 0 aliphatic carbocycles. The second kappa shape index (κ2) is 4.53. The first-order valence-corrected chi connectivity index (χ1v) is 7.38. The zero-order valence-electron chi connectivity index (χ0n) is 11.4. The van der Waals surface area contributed by atoms with Gasteiger partial charge in [-0.2, -0.15) is 5.10 Å². The van der Waals surface area contributed by atoms with E-state index in [1.54, 1.807) is 16.0 Å². The number of nitrogens with two attached hydrogens (primary N) is 1. The molecular formula is C15H13N3O2S. The molecule has 0 atom stereocenters. The number of aryl methyl sites for hydroxylation is 1. The van der Waals surface area contributed by atoms with Gasteiger partial charge in [-0.15, -0.1) is 11.3 Å². The molecule has 0 spiro atoms. The van der Waals surface area contributed by atoms with Gasteiger partial charge in [0, 0.05) is 17.5 Å². The van der Waals surface area contributed by atoms with Crippen LogP contribution >= 0.6 is 11.3 Å². The number of fused-ring (bicyclic) bond motifs is 1. The lowest BCUT2D eigenvalue weighted by molar-refractivity contribution is 0.174. The van der Waals surface area contributed by atoms with Crippen LogP contribution in [0.15, 0.2) is 35.7 Å². The number of benzene rings is 1. The minimum absolute atomic E-state index is 0.265. The van der Waals surface area contributed by atoms with E-state index in [0.717, 1.165) is 33.2 Å². The van der Waals surface area contributed by atoms with Crippen LogP contribution in [0, 0.1) is 0 Å². The highest BCUT2D eigenvalue weighted by molar-refractivity contribution is 7.13. The number of anilines is 1.